The Morgan fingerprint density at radius 2 is 1.95 bits per heavy atom. The molecule has 0 saturated heterocycles. The Morgan fingerprint density at radius 3 is 2.64 bits per heavy atom. The summed E-state index contributed by atoms with van der Waals surface area (Å²) in [5, 5.41) is 0.614. The Morgan fingerprint density at radius 1 is 1.23 bits per heavy atom. The Hall–Kier alpha value is -1.87. The quantitative estimate of drug-likeness (QED) is 0.560. The van der Waals surface area contributed by atoms with E-state index in [4.69, 9.17) is 11.6 Å². The number of nitrogens with zero attached hydrogens (tertiary/aromatic N) is 2. The highest BCUT2D eigenvalue weighted by molar-refractivity contribution is 6.31. The third kappa shape index (κ3) is 4.08. The molecule has 0 bridgehead atoms. The molecule has 2 aromatic carbocycles. The SMILES string of the molecule is CCN(C)C=Nc1cc(Cl)cc(Cc2ccccc2F)c1C. The van der Waals surface area contributed by atoms with Gasteiger partial charge in [0.2, 0.25) is 0 Å². The molecule has 22 heavy (non-hydrogen) atoms. The van der Waals surface area contributed by atoms with Crippen molar-refractivity contribution in [3.8, 4) is 0 Å². The van der Waals surface area contributed by atoms with Crippen molar-refractivity contribution < 1.29 is 4.39 Å². The molecule has 0 aliphatic heterocycles. The minimum atomic E-state index is -0.197. The van der Waals surface area contributed by atoms with Gasteiger partial charge in [-0.15, -0.1) is 0 Å². The lowest BCUT2D eigenvalue weighted by molar-refractivity contribution is 0.552. The van der Waals surface area contributed by atoms with Crippen molar-refractivity contribution in [2.45, 2.75) is 20.3 Å². The molecule has 116 valence electrons. The fraction of sp³-hybridized carbons (Fsp3) is 0.278. The van der Waals surface area contributed by atoms with E-state index < -0.39 is 0 Å². The highest BCUT2D eigenvalue weighted by Crippen LogP contribution is 2.29. The molecule has 2 nitrogen and oxygen atoms in total. The summed E-state index contributed by atoms with van der Waals surface area (Å²) >= 11 is 6.20. The highest BCUT2D eigenvalue weighted by Gasteiger charge is 2.09. The van der Waals surface area contributed by atoms with E-state index in [0.29, 0.717) is 17.0 Å². The maximum atomic E-state index is 13.8. The topological polar surface area (TPSA) is 15.6 Å². The average Bonchev–Trinajstić information content (AvgIpc) is 2.50. The predicted molar refractivity (Wildman–Crippen MR) is 91.9 cm³/mol. The van der Waals surface area contributed by atoms with Crippen LogP contribution >= 0.6 is 11.6 Å². The third-order valence-corrected chi connectivity index (χ3v) is 3.90. The van der Waals surface area contributed by atoms with E-state index in [1.165, 1.54) is 6.07 Å². The van der Waals surface area contributed by atoms with Crippen molar-refractivity contribution in [1.29, 1.82) is 0 Å². The maximum absolute atomic E-state index is 13.8. The summed E-state index contributed by atoms with van der Waals surface area (Å²) in [5.74, 6) is -0.197. The molecule has 0 spiro atoms. The van der Waals surface area contributed by atoms with E-state index >= 15 is 0 Å². The van der Waals surface area contributed by atoms with E-state index in [0.717, 1.165) is 23.4 Å². The van der Waals surface area contributed by atoms with E-state index in [-0.39, 0.29) is 5.82 Å². The van der Waals surface area contributed by atoms with Crippen molar-refractivity contribution >= 4 is 23.6 Å². The van der Waals surface area contributed by atoms with Crippen LogP contribution in [0.2, 0.25) is 5.02 Å². The summed E-state index contributed by atoms with van der Waals surface area (Å²) in [6, 6.07) is 10.5. The molecule has 0 aromatic heterocycles. The van der Waals surface area contributed by atoms with Crippen LogP contribution in [0.15, 0.2) is 41.4 Å². The van der Waals surface area contributed by atoms with Crippen molar-refractivity contribution in [2.75, 3.05) is 13.6 Å². The van der Waals surface area contributed by atoms with Gasteiger partial charge in [0, 0.05) is 25.0 Å². The second-order valence-electron chi connectivity index (χ2n) is 5.30. The molecule has 0 fully saturated rings. The summed E-state index contributed by atoms with van der Waals surface area (Å²) in [4.78, 5) is 6.47. The Balaban J connectivity index is 2.35. The zero-order valence-electron chi connectivity index (χ0n) is 13.1. The zero-order chi connectivity index (χ0) is 16.1. The normalized spacial score (nSPS) is 11.1. The van der Waals surface area contributed by atoms with Gasteiger partial charge in [-0.2, -0.15) is 0 Å². The molecule has 2 rings (SSSR count). The second kappa shape index (κ2) is 7.41. The number of halogens is 2. The number of hydrogen-bond donors (Lipinski definition) is 0. The minimum Gasteiger partial charge on any atom is -0.366 e. The monoisotopic (exact) mass is 318 g/mol. The molecule has 0 aliphatic carbocycles. The first kappa shape index (κ1) is 16.5. The molecule has 0 N–H and O–H groups in total. The van der Waals surface area contributed by atoms with Crippen LogP contribution in [0.1, 0.15) is 23.6 Å². The fourth-order valence-corrected chi connectivity index (χ4v) is 2.36. The van der Waals surface area contributed by atoms with Gasteiger partial charge in [-0.05, 0) is 48.7 Å². The smallest absolute Gasteiger partial charge is 0.126 e. The molecule has 4 heteroatoms. The zero-order valence-corrected chi connectivity index (χ0v) is 13.9. The van der Waals surface area contributed by atoms with Crippen LogP contribution in [-0.2, 0) is 6.42 Å². The first-order chi connectivity index (χ1) is 10.5. The number of hydrogen-bond acceptors (Lipinski definition) is 1. The van der Waals surface area contributed by atoms with Gasteiger partial charge < -0.3 is 4.90 Å². The molecule has 0 radical (unpaired) electrons. The van der Waals surface area contributed by atoms with E-state index in [2.05, 4.69) is 11.9 Å². The lowest BCUT2D eigenvalue weighted by Gasteiger charge is -2.12. The molecule has 0 unspecified atom stereocenters. The Kier molecular flexibility index (Phi) is 5.56. The van der Waals surface area contributed by atoms with Gasteiger partial charge >= 0.3 is 0 Å². The molecule has 0 heterocycles. The van der Waals surface area contributed by atoms with Gasteiger partial charge in [0.15, 0.2) is 0 Å². The fourth-order valence-electron chi connectivity index (χ4n) is 2.13. The Bertz CT molecular complexity index is 683. The molecule has 0 saturated carbocycles. The molecule has 0 aliphatic rings. The lowest BCUT2D eigenvalue weighted by atomic mass is 9.99. The molecule has 0 atom stereocenters. The van der Waals surface area contributed by atoms with Crippen molar-refractivity contribution in [3.05, 3.63) is 63.9 Å². The maximum Gasteiger partial charge on any atom is 0.126 e. The van der Waals surface area contributed by atoms with Crippen LogP contribution in [0.3, 0.4) is 0 Å². The molecular weight excluding hydrogens is 299 g/mol. The second-order valence-corrected chi connectivity index (χ2v) is 5.73. The number of benzene rings is 2. The van der Waals surface area contributed by atoms with Crippen molar-refractivity contribution in [2.24, 2.45) is 4.99 Å². The van der Waals surface area contributed by atoms with Gasteiger partial charge in [-0.3, -0.25) is 0 Å². The molecular formula is C18H20ClFN2. The summed E-state index contributed by atoms with van der Waals surface area (Å²) in [7, 11) is 1.96. The largest absolute Gasteiger partial charge is 0.366 e. The summed E-state index contributed by atoms with van der Waals surface area (Å²) in [6.07, 6.45) is 2.29. The van der Waals surface area contributed by atoms with Gasteiger partial charge in [0.25, 0.3) is 0 Å². The lowest BCUT2D eigenvalue weighted by Crippen LogP contribution is -2.14. The predicted octanol–water partition coefficient (Wildman–Crippen LogP) is 4.99. The van der Waals surface area contributed by atoms with Crippen LogP contribution in [0.5, 0.6) is 0 Å². The minimum absolute atomic E-state index is 0.197. The van der Waals surface area contributed by atoms with Crippen molar-refractivity contribution in [1.82, 2.24) is 4.90 Å². The average molecular weight is 319 g/mol. The summed E-state index contributed by atoms with van der Waals surface area (Å²) < 4.78 is 13.8. The van der Waals surface area contributed by atoms with Gasteiger partial charge in [0.05, 0.1) is 12.0 Å². The molecule has 2 aromatic rings. The Labute approximate surface area is 136 Å². The van der Waals surface area contributed by atoms with Gasteiger partial charge in [-0.25, -0.2) is 9.38 Å². The van der Waals surface area contributed by atoms with Crippen LogP contribution in [0.25, 0.3) is 0 Å². The van der Waals surface area contributed by atoms with E-state index in [9.17, 15) is 4.39 Å². The molecule has 0 amide bonds. The van der Waals surface area contributed by atoms with Crippen LogP contribution in [0.4, 0.5) is 10.1 Å². The van der Waals surface area contributed by atoms with Crippen LogP contribution in [-0.4, -0.2) is 24.8 Å². The van der Waals surface area contributed by atoms with Crippen molar-refractivity contribution in [3.63, 3.8) is 0 Å². The number of rotatable bonds is 5. The first-order valence-corrected chi connectivity index (χ1v) is 7.66. The van der Waals surface area contributed by atoms with Gasteiger partial charge in [-0.1, -0.05) is 29.8 Å². The number of aliphatic imine (C=N–C) groups is 1. The standard InChI is InChI=1S/C18H20ClFN2/c1-4-22(3)12-21-18-11-16(19)10-15(13(18)2)9-14-7-5-6-8-17(14)20/h5-8,10-12H,4,9H2,1-3H3. The van der Waals surface area contributed by atoms with E-state index in [1.54, 1.807) is 18.5 Å². The third-order valence-electron chi connectivity index (χ3n) is 3.68. The van der Waals surface area contributed by atoms with Gasteiger partial charge in [0.1, 0.15) is 5.82 Å². The highest BCUT2D eigenvalue weighted by atomic mass is 35.5. The van der Waals surface area contributed by atoms with Crippen LogP contribution < -0.4 is 0 Å². The first-order valence-electron chi connectivity index (χ1n) is 7.28. The van der Waals surface area contributed by atoms with Crippen LogP contribution in [0, 0.1) is 12.7 Å². The summed E-state index contributed by atoms with van der Waals surface area (Å²) in [5.41, 5.74) is 3.49. The van der Waals surface area contributed by atoms with E-state index in [1.807, 2.05) is 37.1 Å². The summed E-state index contributed by atoms with van der Waals surface area (Å²) in [6.45, 7) is 4.93.